The quantitative estimate of drug-likeness (QED) is 0.158. The Kier molecular flexibility index (Phi) is 10.2. The number of para-hydroxylation sites is 5. The summed E-state index contributed by atoms with van der Waals surface area (Å²) in [4.78, 5) is 7.38. The number of benzene rings is 10. The van der Waals surface area contributed by atoms with E-state index in [-0.39, 0.29) is 10.8 Å². The highest BCUT2D eigenvalue weighted by Gasteiger charge is 2.53. The number of nitrogens with zero attached hydrogens (tertiary/aromatic N) is 3. The van der Waals surface area contributed by atoms with E-state index in [1.165, 1.54) is 66.7 Å². The van der Waals surface area contributed by atoms with E-state index in [2.05, 4.69) is 293 Å². The molecule has 0 amide bonds. The smallest absolute Gasteiger partial charge is 0.0756 e. The van der Waals surface area contributed by atoms with Crippen LogP contribution in [-0.2, 0) is 16.2 Å². The Morgan fingerprint density at radius 2 is 0.771 bits per heavy atom. The monoisotopic (exact) mass is 903 g/mol. The molecule has 3 heteroatoms. The van der Waals surface area contributed by atoms with E-state index in [1.807, 2.05) is 0 Å². The van der Waals surface area contributed by atoms with Crippen molar-refractivity contribution in [3.8, 4) is 11.1 Å². The van der Waals surface area contributed by atoms with Crippen LogP contribution in [0.1, 0.15) is 74.9 Å². The Hall–Kier alpha value is -8.14. The van der Waals surface area contributed by atoms with Crippen LogP contribution in [0, 0.1) is 0 Å². The lowest BCUT2D eigenvalue weighted by atomic mass is 9.64. The third-order valence-electron chi connectivity index (χ3n) is 14.7. The molecule has 0 aromatic heterocycles. The van der Waals surface area contributed by atoms with Crippen LogP contribution in [0.2, 0.25) is 0 Å². The highest BCUT2D eigenvalue weighted by Crippen LogP contribution is 2.66. The normalized spacial score (nSPS) is 13.4. The zero-order chi connectivity index (χ0) is 47.8. The Balaban J connectivity index is 1.20. The van der Waals surface area contributed by atoms with E-state index in [9.17, 15) is 0 Å². The van der Waals surface area contributed by atoms with Gasteiger partial charge in [-0.15, -0.1) is 0 Å². The van der Waals surface area contributed by atoms with Gasteiger partial charge in [0.05, 0.1) is 22.5 Å². The molecule has 340 valence electrons. The topological polar surface area (TPSA) is 9.72 Å². The number of hydrogen-bond donors (Lipinski definition) is 0. The molecule has 0 radical (unpaired) electrons. The summed E-state index contributed by atoms with van der Waals surface area (Å²) >= 11 is 0. The van der Waals surface area contributed by atoms with Crippen LogP contribution in [0.4, 0.5) is 51.2 Å². The second-order valence-electron chi connectivity index (χ2n) is 21.0. The predicted octanol–water partition coefficient (Wildman–Crippen LogP) is 18.5. The molecule has 0 N–H and O–H groups in total. The molecule has 0 fully saturated rings. The Morgan fingerprint density at radius 3 is 1.31 bits per heavy atom. The van der Waals surface area contributed by atoms with Crippen molar-refractivity contribution in [1.29, 1.82) is 0 Å². The van der Waals surface area contributed by atoms with Crippen LogP contribution in [-0.4, -0.2) is 0 Å². The zero-order valence-electron chi connectivity index (χ0n) is 40.9. The summed E-state index contributed by atoms with van der Waals surface area (Å²) < 4.78 is 0. The van der Waals surface area contributed by atoms with Crippen LogP contribution in [0.15, 0.2) is 237 Å². The van der Waals surface area contributed by atoms with Gasteiger partial charge in [0.2, 0.25) is 0 Å². The minimum atomic E-state index is -0.727. The summed E-state index contributed by atoms with van der Waals surface area (Å²) in [6.07, 6.45) is 0. The van der Waals surface area contributed by atoms with Gasteiger partial charge in [0, 0.05) is 39.5 Å². The minimum Gasteiger partial charge on any atom is -0.310 e. The van der Waals surface area contributed by atoms with Crippen molar-refractivity contribution < 1.29 is 0 Å². The molecule has 10 aromatic carbocycles. The molecule has 0 saturated carbocycles. The summed E-state index contributed by atoms with van der Waals surface area (Å²) in [5, 5.41) is 2.43. The molecule has 1 aliphatic carbocycles. The number of fused-ring (bicyclic) bond motifs is 11. The highest BCUT2D eigenvalue weighted by atomic mass is 15.2. The van der Waals surface area contributed by atoms with Gasteiger partial charge in [0.15, 0.2) is 0 Å². The minimum absolute atomic E-state index is 0.0226. The maximum atomic E-state index is 2.55. The van der Waals surface area contributed by atoms with E-state index >= 15 is 0 Å². The number of hydrogen-bond acceptors (Lipinski definition) is 3. The maximum absolute atomic E-state index is 2.55. The molecule has 2 aliphatic rings. The molecule has 3 nitrogen and oxygen atoms in total. The fourth-order valence-electron chi connectivity index (χ4n) is 11.4. The second-order valence-corrected chi connectivity index (χ2v) is 21.0. The Bertz CT molecular complexity index is 3500. The van der Waals surface area contributed by atoms with E-state index in [0.717, 1.165) is 39.8 Å². The highest BCUT2D eigenvalue weighted by molar-refractivity contribution is 6.12. The first-order valence-electron chi connectivity index (χ1n) is 24.7. The van der Waals surface area contributed by atoms with E-state index in [4.69, 9.17) is 0 Å². The average molecular weight is 904 g/mol. The first-order valence-corrected chi connectivity index (χ1v) is 24.7. The van der Waals surface area contributed by atoms with Crippen molar-refractivity contribution in [1.82, 2.24) is 0 Å². The van der Waals surface area contributed by atoms with E-state index < -0.39 is 5.41 Å². The van der Waals surface area contributed by atoms with Gasteiger partial charge in [0.1, 0.15) is 0 Å². The van der Waals surface area contributed by atoms with Crippen LogP contribution < -0.4 is 14.7 Å². The average Bonchev–Trinajstić information content (AvgIpc) is 3.67. The third kappa shape index (κ3) is 6.86. The standard InChI is InChI=1S/C67H57N3/c1-65(2,3)46-34-38-51(39-35-46)68(48-22-10-7-11-23-48)53-42-43-56-59(44-53)67(57-30-18-20-32-61(57)70(50-26-14-9-15-27-50)62-33-21-19-31-58(62)67)60-45-63(54-28-16-17-29-55(54)64(56)60)69(49-24-12-8-13-25-49)52-40-36-47(37-41-52)66(4,5)6/h7-45H,1-6H3. The summed E-state index contributed by atoms with van der Waals surface area (Å²) in [5.74, 6) is 0. The van der Waals surface area contributed by atoms with Crippen molar-refractivity contribution in [3.05, 3.63) is 270 Å². The molecule has 0 bridgehead atoms. The largest absolute Gasteiger partial charge is 0.310 e. The van der Waals surface area contributed by atoms with Crippen molar-refractivity contribution >= 4 is 62.0 Å². The van der Waals surface area contributed by atoms with E-state index in [1.54, 1.807) is 0 Å². The van der Waals surface area contributed by atoms with Crippen LogP contribution in [0.25, 0.3) is 21.9 Å². The van der Waals surface area contributed by atoms with Gasteiger partial charge in [-0.3, -0.25) is 0 Å². The van der Waals surface area contributed by atoms with Crippen molar-refractivity contribution in [2.24, 2.45) is 0 Å². The molecule has 0 unspecified atom stereocenters. The third-order valence-corrected chi connectivity index (χ3v) is 14.7. The maximum Gasteiger partial charge on any atom is 0.0756 e. The van der Waals surface area contributed by atoms with Crippen LogP contribution in [0.5, 0.6) is 0 Å². The zero-order valence-corrected chi connectivity index (χ0v) is 40.9. The van der Waals surface area contributed by atoms with Gasteiger partial charge in [-0.25, -0.2) is 0 Å². The fourth-order valence-corrected chi connectivity index (χ4v) is 11.4. The molecular weight excluding hydrogens is 847 g/mol. The molecule has 1 spiro atoms. The predicted molar refractivity (Wildman–Crippen MR) is 296 cm³/mol. The number of anilines is 9. The molecular formula is C67H57N3. The van der Waals surface area contributed by atoms with Gasteiger partial charge >= 0.3 is 0 Å². The SMILES string of the molecule is CC(C)(C)c1ccc(N(c2ccccc2)c2ccc3c(c2)C2(c4ccccc4N(c4ccccc4)c4ccccc42)c2cc(N(c4ccccc4)c4ccc(C(C)(C)C)cc4)c4ccccc4c2-3)cc1. The van der Waals surface area contributed by atoms with Crippen LogP contribution >= 0.6 is 0 Å². The first kappa shape index (κ1) is 43.2. The molecule has 70 heavy (non-hydrogen) atoms. The van der Waals surface area contributed by atoms with Gasteiger partial charge in [-0.2, -0.15) is 0 Å². The fraction of sp³-hybridized carbons (Fsp3) is 0.134. The summed E-state index contributed by atoms with van der Waals surface area (Å²) in [7, 11) is 0. The molecule has 10 aromatic rings. The number of rotatable bonds is 7. The summed E-state index contributed by atoms with van der Waals surface area (Å²) in [6, 6.07) is 88.2. The second kappa shape index (κ2) is 16.5. The van der Waals surface area contributed by atoms with Gasteiger partial charge in [-0.05, 0) is 152 Å². The van der Waals surface area contributed by atoms with Crippen molar-refractivity contribution in [2.75, 3.05) is 14.7 Å². The summed E-state index contributed by atoms with van der Waals surface area (Å²) in [6.45, 7) is 13.7. The Labute approximate surface area is 413 Å². The lowest BCUT2D eigenvalue weighted by molar-refractivity contribution is 0.590. The van der Waals surface area contributed by atoms with Gasteiger partial charge in [0.25, 0.3) is 0 Å². The molecule has 12 rings (SSSR count). The van der Waals surface area contributed by atoms with Crippen molar-refractivity contribution in [3.63, 3.8) is 0 Å². The molecule has 0 saturated heterocycles. The summed E-state index contributed by atoms with van der Waals surface area (Å²) in [5.41, 5.74) is 19.7. The Morgan fingerprint density at radius 1 is 0.343 bits per heavy atom. The van der Waals surface area contributed by atoms with Gasteiger partial charge in [-0.1, -0.05) is 187 Å². The lowest BCUT2D eigenvalue weighted by Crippen LogP contribution is -2.36. The molecule has 1 aliphatic heterocycles. The van der Waals surface area contributed by atoms with Crippen molar-refractivity contribution in [2.45, 2.75) is 57.8 Å². The lowest BCUT2D eigenvalue weighted by Gasteiger charge is -2.45. The molecule has 1 heterocycles. The van der Waals surface area contributed by atoms with Gasteiger partial charge < -0.3 is 14.7 Å². The van der Waals surface area contributed by atoms with Crippen LogP contribution in [0.3, 0.4) is 0 Å². The first-order chi connectivity index (χ1) is 34.0. The molecule has 0 atom stereocenters. The van der Waals surface area contributed by atoms with E-state index in [0.29, 0.717) is 0 Å².